The summed E-state index contributed by atoms with van der Waals surface area (Å²) in [5.41, 5.74) is 3.24. The van der Waals surface area contributed by atoms with Crippen molar-refractivity contribution in [2.45, 2.75) is 38.9 Å². The Morgan fingerprint density at radius 3 is 2.78 bits per heavy atom. The Hall–Kier alpha value is -3.52. The molecule has 2 aliphatic rings. The zero-order valence-corrected chi connectivity index (χ0v) is 18.3. The fourth-order valence-electron chi connectivity index (χ4n) is 4.39. The minimum Gasteiger partial charge on any atom is -0.347 e. The lowest BCUT2D eigenvalue weighted by atomic mass is 10.0. The molecule has 1 aromatic heterocycles. The molecule has 8 heteroatoms. The third-order valence-electron chi connectivity index (χ3n) is 6.09. The van der Waals surface area contributed by atoms with Crippen molar-refractivity contribution < 1.29 is 19.2 Å². The standard InChI is InChI=1S/C24H21N3O4S/c1-13-16-4-2-3-5-19(16)32-21(13)23(30)25-11-14-6-7-17-15(10-14)12-27(24(17)31)18-8-9-20(28)26-22(18)29/h2-7,10,18H,8-9,11-12H2,1H3,(H,25,30)(H,26,28,29). The van der Waals surface area contributed by atoms with Crippen molar-refractivity contribution in [1.82, 2.24) is 15.5 Å². The van der Waals surface area contributed by atoms with E-state index in [1.54, 1.807) is 6.07 Å². The Labute approximate surface area is 188 Å². The van der Waals surface area contributed by atoms with E-state index in [1.165, 1.54) is 16.2 Å². The maximum Gasteiger partial charge on any atom is 0.261 e. The van der Waals surface area contributed by atoms with Crippen LogP contribution in [0.15, 0.2) is 42.5 Å². The molecule has 5 rings (SSSR count). The number of hydrogen-bond acceptors (Lipinski definition) is 5. The van der Waals surface area contributed by atoms with E-state index in [1.807, 2.05) is 43.3 Å². The molecule has 0 aliphatic carbocycles. The van der Waals surface area contributed by atoms with Crippen molar-refractivity contribution in [3.05, 3.63) is 69.6 Å². The summed E-state index contributed by atoms with van der Waals surface area (Å²) >= 11 is 1.48. The maximum atomic E-state index is 12.8. The second kappa shape index (κ2) is 7.87. The minimum absolute atomic E-state index is 0.120. The van der Waals surface area contributed by atoms with Gasteiger partial charge in [-0.2, -0.15) is 0 Å². The first-order valence-corrected chi connectivity index (χ1v) is 11.3. The number of aryl methyl sites for hydroxylation is 1. The summed E-state index contributed by atoms with van der Waals surface area (Å²) in [5.74, 6) is -1.05. The number of imide groups is 1. The van der Waals surface area contributed by atoms with Crippen molar-refractivity contribution >= 4 is 45.1 Å². The van der Waals surface area contributed by atoms with Crippen LogP contribution in [-0.4, -0.2) is 34.6 Å². The predicted molar refractivity (Wildman–Crippen MR) is 120 cm³/mol. The first-order chi connectivity index (χ1) is 15.4. The van der Waals surface area contributed by atoms with Crippen LogP contribution in [0, 0.1) is 6.92 Å². The third kappa shape index (κ3) is 3.46. The lowest BCUT2D eigenvalue weighted by molar-refractivity contribution is -0.136. The zero-order valence-electron chi connectivity index (χ0n) is 17.4. The summed E-state index contributed by atoms with van der Waals surface area (Å²) in [7, 11) is 0. The molecule has 1 unspecified atom stereocenters. The molecule has 7 nitrogen and oxygen atoms in total. The van der Waals surface area contributed by atoms with Gasteiger partial charge in [0.2, 0.25) is 11.8 Å². The average molecular weight is 448 g/mol. The SMILES string of the molecule is Cc1c(C(=O)NCc2ccc3c(c2)CN(C2CCC(=O)NC2=O)C3=O)sc2ccccc12. The van der Waals surface area contributed by atoms with Crippen LogP contribution < -0.4 is 10.6 Å². The molecule has 1 saturated heterocycles. The highest BCUT2D eigenvalue weighted by Crippen LogP contribution is 2.31. The fraction of sp³-hybridized carbons (Fsp3) is 0.250. The van der Waals surface area contributed by atoms with Crippen molar-refractivity contribution in [3.8, 4) is 0 Å². The van der Waals surface area contributed by atoms with E-state index in [0.717, 1.165) is 26.8 Å². The van der Waals surface area contributed by atoms with E-state index in [9.17, 15) is 19.2 Å². The van der Waals surface area contributed by atoms with Crippen LogP contribution in [0.25, 0.3) is 10.1 Å². The molecule has 2 N–H and O–H groups in total. The Balaban J connectivity index is 1.29. The molecule has 2 aromatic carbocycles. The van der Waals surface area contributed by atoms with E-state index in [4.69, 9.17) is 0 Å². The summed E-state index contributed by atoms with van der Waals surface area (Å²) in [6.45, 7) is 2.61. The monoisotopic (exact) mass is 447 g/mol. The van der Waals surface area contributed by atoms with Gasteiger partial charge in [-0.15, -0.1) is 11.3 Å². The van der Waals surface area contributed by atoms with Gasteiger partial charge in [0.05, 0.1) is 4.88 Å². The molecule has 1 atom stereocenters. The van der Waals surface area contributed by atoms with Crippen LogP contribution in [0.4, 0.5) is 0 Å². The van der Waals surface area contributed by atoms with Crippen molar-refractivity contribution in [1.29, 1.82) is 0 Å². The Morgan fingerprint density at radius 2 is 2.00 bits per heavy atom. The molecular formula is C24H21N3O4S. The molecule has 0 saturated carbocycles. The number of nitrogens with zero attached hydrogens (tertiary/aromatic N) is 1. The van der Waals surface area contributed by atoms with E-state index in [2.05, 4.69) is 10.6 Å². The molecule has 0 bridgehead atoms. The number of hydrogen-bond donors (Lipinski definition) is 2. The van der Waals surface area contributed by atoms with E-state index in [-0.39, 0.29) is 24.1 Å². The second-order valence-electron chi connectivity index (χ2n) is 8.13. The van der Waals surface area contributed by atoms with Crippen LogP contribution in [-0.2, 0) is 22.7 Å². The summed E-state index contributed by atoms with van der Waals surface area (Å²) in [6.07, 6.45) is 0.562. The van der Waals surface area contributed by atoms with E-state index < -0.39 is 11.9 Å². The summed E-state index contributed by atoms with van der Waals surface area (Å²) in [6, 6.07) is 12.8. The number of thiophene rings is 1. The fourth-order valence-corrected chi connectivity index (χ4v) is 5.52. The Morgan fingerprint density at radius 1 is 1.19 bits per heavy atom. The largest absolute Gasteiger partial charge is 0.347 e. The Kier molecular flexibility index (Phi) is 5.01. The first kappa shape index (κ1) is 20.4. The van der Waals surface area contributed by atoms with Gasteiger partial charge < -0.3 is 10.2 Å². The van der Waals surface area contributed by atoms with Crippen molar-refractivity contribution in [3.63, 3.8) is 0 Å². The van der Waals surface area contributed by atoms with Crippen LogP contribution in [0.5, 0.6) is 0 Å². The van der Waals surface area contributed by atoms with Gasteiger partial charge in [-0.3, -0.25) is 24.5 Å². The number of piperidine rings is 1. The lowest BCUT2D eigenvalue weighted by Crippen LogP contribution is -2.52. The second-order valence-corrected chi connectivity index (χ2v) is 9.18. The number of rotatable bonds is 4. The van der Waals surface area contributed by atoms with Gasteiger partial charge in [0.25, 0.3) is 11.8 Å². The molecule has 0 radical (unpaired) electrons. The molecule has 4 amide bonds. The normalized spacial score (nSPS) is 18.1. The number of carbonyl (C=O) groups excluding carboxylic acids is 4. The topological polar surface area (TPSA) is 95.6 Å². The molecule has 2 aliphatic heterocycles. The Bertz CT molecular complexity index is 1300. The van der Waals surface area contributed by atoms with Crippen LogP contribution in [0.2, 0.25) is 0 Å². The lowest BCUT2D eigenvalue weighted by Gasteiger charge is -2.29. The van der Waals surface area contributed by atoms with Gasteiger partial charge in [0.1, 0.15) is 6.04 Å². The van der Waals surface area contributed by atoms with E-state index in [0.29, 0.717) is 30.0 Å². The molecule has 1 fully saturated rings. The van der Waals surface area contributed by atoms with Gasteiger partial charge in [-0.25, -0.2) is 0 Å². The number of benzene rings is 2. The summed E-state index contributed by atoms with van der Waals surface area (Å²) in [4.78, 5) is 51.4. The number of amides is 4. The minimum atomic E-state index is -0.633. The summed E-state index contributed by atoms with van der Waals surface area (Å²) < 4.78 is 1.08. The number of carbonyl (C=O) groups is 4. The van der Waals surface area contributed by atoms with Crippen molar-refractivity contribution in [2.75, 3.05) is 0 Å². The smallest absolute Gasteiger partial charge is 0.261 e. The van der Waals surface area contributed by atoms with Crippen LogP contribution in [0.1, 0.15) is 49.6 Å². The highest BCUT2D eigenvalue weighted by Gasteiger charge is 2.39. The molecule has 162 valence electrons. The molecular weight excluding hydrogens is 426 g/mol. The highest BCUT2D eigenvalue weighted by atomic mass is 32.1. The van der Waals surface area contributed by atoms with Crippen molar-refractivity contribution in [2.24, 2.45) is 0 Å². The van der Waals surface area contributed by atoms with Gasteiger partial charge in [-0.1, -0.05) is 30.3 Å². The molecule has 3 heterocycles. The van der Waals surface area contributed by atoms with Gasteiger partial charge in [0.15, 0.2) is 0 Å². The summed E-state index contributed by atoms with van der Waals surface area (Å²) in [5, 5.41) is 6.38. The van der Waals surface area contributed by atoms with E-state index >= 15 is 0 Å². The molecule has 0 spiro atoms. The third-order valence-corrected chi connectivity index (χ3v) is 7.36. The molecule has 3 aromatic rings. The maximum absolute atomic E-state index is 12.8. The van der Waals surface area contributed by atoms with Crippen LogP contribution in [0.3, 0.4) is 0 Å². The van der Waals surface area contributed by atoms with Gasteiger partial charge >= 0.3 is 0 Å². The quantitative estimate of drug-likeness (QED) is 0.601. The number of fused-ring (bicyclic) bond motifs is 2. The molecule has 32 heavy (non-hydrogen) atoms. The zero-order chi connectivity index (χ0) is 22.4. The van der Waals surface area contributed by atoms with Gasteiger partial charge in [-0.05, 0) is 47.6 Å². The highest BCUT2D eigenvalue weighted by molar-refractivity contribution is 7.21. The average Bonchev–Trinajstić information content (AvgIpc) is 3.29. The van der Waals surface area contributed by atoms with Gasteiger partial charge in [0, 0.05) is 29.8 Å². The first-order valence-electron chi connectivity index (χ1n) is 10.4. The predicted octanol–water partition coefficient (Wildman–Crippen LogP) is 2.90. The number of nitrogens with one attached hydrogen (secondary N) is 2. The van der Waals surface area contributed by atoms with Crippen LogP contribution >= 0.6 is 11.3 Å².